The molecule has 2 aromatic carbocycles. The molecule has 1 unspecified atom stereocenters. The van der Waals surface area contributed by atoms with E-state index in [4.69, 9.17) is 14.9 Å². The van der Waals surface area contributed by atoms with Gasteiger partial charge in [0.15, 0.2) is 5.89 Å². The zero-order chi connectivity index (χ0) is 26.8. The summed E-state index contributed by atoms with van der Waals surface area (Å²) in [5.74, 6) is 2.50. The van der Waals surface area contributed by atoms with E-state index in [0.29, 0.717) is 12.3 Å². The van der Waals surface area contributed by atoms with Crippen LogP contribution in [0.3, 0.4) is 0 Å². The van der Waals surface area contributed by atoms with Gasteiger partial charge in [0.1, 0.15) is 23.3 Å². The van der Waals surface area contributed by atoms with Crippen LogP contribution in [0.1, 0.15) is 59.7 Å². The zero-order valence-corrected chi connectivity index (χ0v) is 22.6. The number of benzene rings is 2. The third-order valence-electron chi connectivity index (χ3n) is 7.97. The number of rotatable bonds is 7. The molecule has 0 radical (unpaired) electrons. The molecule has 6 rings (SSSR count). The number of hydrogen-bond donors (Lipinski definition) is 1. The van der Waals surface area contributed by atoms with Gasteiger partial charge in [0.2, 0.25) is 0 Å². The number of likely N-dealkylation sites (tertiary alicyclic amines) is 1. The number of fused-ring (bicyclic) bond motifs is 2. The van der Waals surface area contributed by atoms with Crippen LogP contribution in [0.4, 0.5) is 10.1 Å². The van der Waals surface area contributed by atoms with Gasteiger partial charge in [0.05, 0.1) is 6.67 Å². The second-order valence-electron chi connectivity index (χ2n) is 10.8. The van der Waals surface area contributed by atoms with Crippen molar-refractivity contribution in [3.05, 3.63) is 99.8 Å². The maximum atomic E-state index is 12.6. The van der Waals surface area contributed by atoms with Gasteiger partial charge in [-0.05, 0) is 95.9 Å². The normalized spacial score (nSPS) is 19.3. The predicted molar refractivity (Wildman–Crippen MR) is 154 cm³/mol. The number of aromatic nitrogens is 1. The highest BCUT2D eigenvalue weighted by Crippen LogP contribution is 2.40. The van der Waals surface area contributed by atoms with Crippen LogP contribution in [0.25, 0.3) is 11.6 Å². The molecule has 2 N–H and O–H groups in total. The Bertz CT molecular complexity index is 1430. The number of ether oxygens (including phenoxy) is 1. The maximum absolute atomic E-state index is 12.6. The number of hydrogen-bond acceptors (Lipinski definition) is 5. The lowest BCUT2D eigenvalue weighted by Gasteiger charge is -2.19. The summed E-state index contributed by atoms with van der Waals surface area (Å²) in [6, 6.07) is 14.9. The third kappa shape index (κ3) is 5.57. The first-order valence-corrected chi connectivity index (χ1v) is 14.1. The molecule has 6 heteroatoms. The summed E-state index contributed by atoms with van der Waals surface area (Å²) in [6.45, 7) is 4.26. The van der Waals surface area contributed by atoms with Gasteiger partial charge in [-0.1, -0.05) is 30.4 Å². The Morgan fingerprint density at radius 3 is 2.85 bits per heavy atom. The monoisotopic (exact) mass is 525 g/mol. The van der Waals surface area contributed by atoms with Crippen LogP contribution >= 0.6 is 0 Å². The number of allylic oxidation sites excluding steroid dienone is 4. The second-order valence-corrected chi connectivity index (χ2v) is 10.8. The smallest absolute Gasteiger partial charge is 0.191 e. The number of nitrogens with zero attached hydrogens (tertiary/aromatic N) is 2. The van der Waals surface area contributed by atoms with E-state index in [1.807, 2.05) is 13.0 Å². The summed E-state index contributed by atoms with van der Waals surface area (Å²) in [5.41, 5.74) is 15.4. The van der Waals surface area contributed by atoms with Crippen LogP contribution in [0.15, 0.2) is 70.2 Å². The molecular weight excluding hydrogens is 489 g/mol. The molecule has 5 nitrogen and oxygen atoms in total. The molecule has 1 aromatic heterocycles. The lowest BCUT2D eigenvalue weighted by Crippen LogP contribution is -2.26. The molecule has 202 valence electrons. The summed E-state index contributed by atoms with van der Waals surface area (Å²) < 4.78 is 24.7. The number of halogens is 1. The maximum Gasteiger partial charge on any atom is 0.191 e. The van der Waals surface area contributed by atoms with E-state index in [1.165, 1.54) is 33.4 Å². The Kier molecular flexibility index (Phi) is 7.38. The van der Waals surface area contributed by atoms with Crippen molar-refractivity contribution < 1.29 is 13.5 Å². The van der Waals surface area contributed by atoms with E-state index in [1.54, 1.807) is 0 Å². The van der Waals surface area contributed by atoms with Gasteiger partial charge < -0.3 is 14.9 Å². The Hall–Kier alpha value is -3.64. The highest BCUT2D eigenvalue weighted by molar-refractivity contribution is 5.88. The Labute approximate surface area is 229 Å². The van der Waals surface area contributed by atoms with Crippen molar-refractivity contribution in [1.29, 1.82) is 0 Å². The molecule has 3 aliphatic rings. The molecule has 1 saturated heterocycles. The molecule has 39 heavy (non-hydrogen) atoms. The molecule has 3 aromatic rings. The first-order chi connectivity index (χ1) is 19.1. The third-order valence-corrected chi connectivity index (χ3v) is 7.97. The standard InChI is InChI=1S/C33H36FN3O2/c1-22-36-31-14-8-23(9-15-32(31)38-22)29-5-2-4-25-20-26(35)10-13-30(25)33(29)24-6-11-27(12-7-24)39-28-16-19-37(21-28)18-3-17-34/h6-14,20,28H,2-5,15-19,21,35H2,1H3. The fourth-order valence-corrected chi connectivity index (χ4v) is 6.12. The van der Waals surface area contributed by atoms with Gasteiger partial charge in [0, 0.05) is 38.7 Å². The van der Waals surface area contributed by atoms with E-state index in [9.17, 15) is 4.39 Å². The number of nitrogen functional groups attached to an aromatic ring is 1. The summed E-state index contributed by atoms with van der Waals surface area (Å²) in [6.07, 6.45) is 12.0. The summed E-state index contributed by atoms with van der Waals surface area (Å²) in [7, 11) is 0. The van der Waals surface area contributed by atoms with E-state index >= 15 is 0 Å². The van der Waals surface area contributed by atoms with Gasteiger partial charge in [-0.2, -0.15) is 0 Å². The topological polar surface area (TPSA) is 64.5 Å². The molecule has 2 aliphatic carbocycles. The van der Waals surface area contributed by atoms with Crippen molar-refractivity contribution in [3.63, 3.8) is 0 Å². The first-order valence-electron chi connectivity index (χ1n) is 14.1. The van der Waals surface area contributed by atoms with E-state index in [0.717, 1.165) is 74.6 Å². The molecule has 1 atom stereocenters. The summed E-state index contributed by atoms with van der Waals surface area (Å²) in [4.78, 5) is 6.84. The van der Waals surface area contributed by atoms with Crippen LogP contribution in [0.2, 0.25) is 0 Å². The Balaban J connectivity index is 1.33. The number of oxazole rings is 1. The minimum Gasteiger partial charge on any atom is -0.489 e. The number of nitrogens with two attached hydrogens (primary N) is 1. The molecule has 0 saturated carbocycles. The second kappa shape index (κ2) is 11.2. The molecule has 0 amide bonds. The van der Waals surface area contributed by atoms with Crippen LogP contribution < -0.4 is 10.5 Å². The van der Waals surface area contributed by atoms with Crippen LogP contribution in [-0.2, 0) is 12.8 Å². The molecule has 2 heterocycles. The molecule has 0 spiro atoms. The quantitative estimate of drug-likeness (QED) is 0.347. The van der Waals surface area contributed by atoms with Crippen molar-refractivity contribution in [3.8, 4) is 5.75 Å². The number of alkyl halides is 1. The lowest BCUT2D eigenvalue weighted by atomic mass is 9.87. The van der Waals surface area contributed by atoms with Gasteiger partial charge >= 0.3 is 0 Å². The summed E-state index contributed by atoms with van der Waals surface area (Å²) >= 11 is 0. The minimum atomic E-state index is -0.260. The number of aryl methyl sites for hydroxylation is 2. The highest BCUT2D eigenvalue weighted by Gasteiger charge is 2.25. The predicted octanol–water partition coefficient (Wildman–Crippen LogP) is 6.71. The molecule has 1 aliphatic heterocycles. The van der Waals surface area contributed by atoms with Crippen LogP contribution in [0.5, 0.6) is 5.75 Å². The zero-order valence-electron chi connectivity index (χ0n) is 22.6. The molecule has 0 bridgehead atoms. The van der Waals surface area contributed by atoms with Gasteiger partial charge in [-0.25, -0.2) is 4.98 Å². The largest absolute Gasteiger partial charge is 0.489 e. The average Bonchev–Trinajstić information content (AvgIpc) is 3.41. The van der Waals surface area contributed by atoms with Crippen LogP contribution in [-0.4, -0.2) is 42.3 Å². The molecular formula is C33H36FN3O2. The fraction of sp³-hybridized carbons (Fsp3) is 0.364. The minimum absolute atomic E-state index is 0.149. The van der Waals surface area contributed by atoms with Gasteiger partial charge in [-0.15, -0.1) is 0 Å². The highest BCUT2D eigenvalue weighted by atomic mass is 19.1. The molecule has 1 fully saturated rings. The van der Waals surface area contributed by atoms with E-state index < -0.39 is 0 Å². The van der Waals surface area contributed by atoms with E-state index in [-0.39, 0.29) is 12.8 Å². The Morgan fingerprint density at radius 1 is 1.13 bits per heavy atom. The van der Waals surface area contributed by atoms with Crippen molar-refractivity contribution in [2.24, 2.45) is 0 Å². The number of anilines is 1. The first kappa shape index (κ1) is 25.6. The van der Waals surface area contributed by atoms with Crippen molar-refractivity contribution in [2.75, 3.05) is 32.0 Å². The van der Waals surface area contributed by atoms with Crippen molar-refractivity contribution >= 4 is 17.3 Å². The lowest BCUT2D eigenvalue weighted by molar-refractivity contribution is 0.198. The van der Waals surface area contributed by atoms with Crippen molar-refractivity contribution in [1.82, 2.24) is 9.88 Å². The fourth-order valence-electron chi connectivity index (χ4n) is 6.12. The summed E-state index contributed by atoms with van der Waals surface area (Å²) in [5, 5.41) is 0. The van der Waals surface area contributed by atoms with Crippen molar-refractivity contribution in [2.45, 2.75) is 51.6 Å². The van der Waals surface area contributed by atoms with Gasteiger partial charge in [-0.3, -0.25) is 9.29 Å². The van der Waals surface area contributed by atoms with Crippen LogP contribution in [0, 0.1) is 6.92 Å². The van der Waals surface area contributed by atoms with E-state index in [2.05, 4.69) is 64.5 Å². The average molecular weight is 526 g/mol. The Morgan fingerprint density at radius 2 is 2.00 bits per heavy atom. The SMILES string of the molecule is Cc1nc2c(o1)CC=C(C1=C(c3ccc(OC4CCN(CCCF)C4)cc3)c3ccc(N)cc3CCC1)C=C2. The van der Waals surface area contributed by atoms with Gasteiger partial charge in [0.25, 0.3) is 0 Å².